The van der Waals surface area contributed by atoms with Gasteiger partial charge in [-0.15, -0.1) is 11.8 Å². The van der Waals surface area contributed by atoms with Crippen LogP contribution in [0.4, 0.5) is 0 Å². The third-order valence-electron chi connectivity index (χ3n) is 4.68. The zero-order valence-corrected chi connectivity index (χ0v) is 14.1. The predicted octanol–water partition coefficient (Wildman–Crippen LogP) is 2.08. The number of hydrogen-bond donors (Lipinski definition) is 0. The van der Waals surface area contributed by atoms with Crippen LogP contribution in [-0.2, 0) is 16.0 Å². The van der Waals surface area contributed by atoms with E-state index >= 15 is 0 Å². The lowest BCUT2D eigenvalue weighted by Gasteiger charge is -2.47. The maximum atomic E-state index is 12.5. The minimum absolute atomic E-state index is 0.190. The lowest BCUT2D eigenvalue weighted by molar-refractivity contribution is -0.136. The number of likely N-dealkylation sites (tertiary alicyclic amines) is 1. The van der Waals surface area contributed by atoms with Gasteiger partial charge in [0.25, 0.3) is 0 Å². The number of rotatable bonds is 4. The summed E-state index contributed by atoms with van der Waals surface area (Å²) in [5, 5.41) is 0. The van der Waals surface area contributed by atoms with Gasteiger partial charge < -0.3 is 19.1 Å². The molecule has 1 amide bonds. The Morgan fingerprint density at radius 2 is 2.22 bits per heavy atom. The molecular formula is C17H21NO4S. The second-order valence-corrected chi connectivity index (χ2v) is 7.88. The molecule has 4 rings (SSSR count). The van der Waals surface area contributed by atoms with Gasteiger partial charge >= 0.3 is 0 Å². The summed E-state index contributed by atoms with van der Waals surface area (Å²) in [6.45, 7) is 4.78. The van der Waals surface area contributed by atoms with Crippen molar-refractivity contribution < 1.29 is 19.0 Å². The molecule has 2 fully saturated rings. The smallest absolute Gasteiger partial charge is 0.231 e. The van der Waals surface area contributed by atoms with Gasteiger partial charge in [-0.1, -0.05) is 6.07 Å². The molecule has 0 saturated carbocycles. The number of carbonyl (C=O) groups is 1. The van der Waals surface area contributed by atoms with Crippen LogP contribution in [0.25, 0.3) is 0 Å². The number of ether oxygens (including phenoxy) is 3. The Kier molecular flexibility index (Phi) is 3.89. The summed E-state index contributed by atoms with van der Waals surface area (Å²) in [7, 11) is 0. The van der Waals surface area contributed by atoms with Crippen molar-refractivity contribution in [3.05, 3.63) is 23.8 Å². The summed E-state index contributed by atoms with van der Waals surface area (Å²) in [5.41, 5.74) is 0.978. The Balaban J connectivity index is 1.32. The summed E-state index contributed by atoms with van der Waals surface area (Å²) < 4.78 is 16.6. The van der Waals surface area contributed by atoms with Gasteiger partial charge in [-0.05, 0) is 31.0 Å². The second-order valence-electron chi connectivity index (χ2n) is 6.39. The Morgan fingerprint density at radius 1 is 1.39 bits per heavy atom. The Bertz CT molecular complexity index is 615. The third kappa shape index (κ3) is 2.90. The molecule has 0 aromatic heterocycles. The molecule has 3 heterocycles. The molecule has 0 unspecified atom stereocenters. The highest BCUT2D eigenvalue weighted by Gasteiger charge is 2.50. The van der Waals surface area contributed by atoms with E-state index in [0.29, 0.717) is 12.5 Å². The second kappa shape index (κ2) is 5.91. The molecule has 124 valence electrons. The number of fused-ring (bicyclic) bond motifs is 1. The number of thioether (sulfide) groups is 1. The highest BCUT2D eigenvalue weighted by molar-refractivity contribution is 8.01. The Hall–Kier alpha value is -1.40. The van der Waals surface area contributed by atoms with Crippen LogP contribution in [0.1, 0.15) is 18.9 Å². The van der Waals surface area contributed by atoms with E-state index in [-0.39, 0.29) is 17.4 Å². The van der Waals surface area contributed by atoms with E-state index in [4.69, 9.17) is 14.2 Å². The van der Waals surface area contributed by atoms with E-state index in [9.17, 15) is 4.79 Å². The molecular weight excluding hydrogens is 314 g/mol. The highest BCUT2D eigenvalue weighted by atomic mass is 32.2. The first-order valence-electron chi connectivity index (χ1n) is 8.09. The van der Waals surface area contributed by atoms with Crippen LogP contribution in [0.15, 0.2) is 18.2 Å². The quantitative estimate of drug-likeness (QED) is 0.843. The van der Waals surface area contributed by atoms with Crippen molar-refractivity contribution in [1.29, 1.82) is 0 Å². The molecule has 6 heteroatoms. The van der Waals surface area contributed by atoms with Gasteiger partial charge in [0, 0.05) is 25.4 Å². The zero-order chi connectivity index (χ0) is 15.9. The monoisotopic (exact) mass is 335 g/mol. The van der Waals surface area contributed by atoms with E-state index in [2.05, 4.69) is 0 Å². The van der Waals surface area contributed by atoms with Crippen molar-refractivity contribution in [2.75, 3.05) is 32.2 Å². The van der Waals surface area contributed by atoms with Crippen molar-refractivity contribution >= 4 is 17.7 Å². The summed E-state index contributed by atoms with van der Waals surface area (Å²) >= 11 is 1.97. The molecule has 5 nitrogen and oxygen atoms in total. The van der Waals surface area contributed by atoms with Crippen LogP contribution < -0.4 is 9.47 Å². The fourth-order valence-corrected chi connectivity index (χ4v) is 5.08. The summed E-state index contributed by atoms with van der Waals surface area (Å²) in [6, 6.07) is 5.73. The SMILES string of the molecule is CCO[C@@H]1CSC2(C1)CN(C(=O)Cc1ccc3c(c1)OCO3)C2. The van der Waals surface area contributed by atoms with Crippen molar-refractivity contribution in [1.82, 2.24) is 4.90 Å². The first-order valence-corrected chi connectivity index (χ1v) is 9.08. The van der Waals surface area contributed by atoms with Crippen LogP contribution in [0, 0.1) is 0 Å². The van der Waals surface area contributed by atoms with E-state index in [1.807, 2.05) is 41.8 Å². The molecule has 3 aliphatic rings. The van der Waals surface area contributed by atoms with Crippen LogP contribution in [0.5, 0.6) is 11.5 Å². The minimum atomic E-state index is 0.190. The fraction of sp³-hybridized carbons (Fsp3) is 0.588. The predicted molar refractivity (Wildman–Crippen MR) is 88.1 cm³/mol. The fourth-order valence-electron chi connectivity index (χ4n) is 3.53. The standard InChI is InChI=1S/C17H21NO4S/c1-2-20-13-7-17(23-8-13)9-18(10-17)16(19)6-12-3-4-14-15(5-12)22-11-21-14/h3-5,13H,2,6-11H2,1H3/t13-/m0/s1. The van der Waals surface area contributed by atoms with Gasteiger partial charge in [0.15, 0.2) is 11.5 Å². The van der Waals surface area contributed by atoms with Gasteiger partial charge in [-0.25, -0.2) is 0 Å². The number of benzene rings is 1. The molecule has 23 heavy (non-hydrogen) atoms. The lowest BCUT2D eigenvalue weighted by atomic mass is 9.92. The first-order chi connectivity index (χ1) is 11.2. The molecule has 1 atom stereocenters. The molecule has 0 aliphatic carbocycles. The average Bonchev–Trinajstić information content (AvgIpc) is 3.12. The molecule has 0 N–H and O–H groups in total. The normalized spacial score (nSPS) is 24.0. The summed E-state index contributed by atoms with van der Waals surface area (Å²) in [5.74, 6) is 2.74. The molecule has 1 spiro atoms. The summed E-state index contributed by atoms with van der Waals surface area (Å²) in [6.07, 6.45) is 1.85. The van der Waals surface area contributed by atoms with Gasteiger partial charge in [0.1, 0.15) is 0 Å². The molecule has 1 aromatic carbocycles. The van der Waals surface area contributed by atoms with Crippen LogP contribution >= 0.6 is 11.8 Å². The zero-order valence-electron chi connectivity index (χ0n) is 13.2. The van der Waals surface area contributed by atoms with Crippen molar-refractivity contribution in [2.24, 2.45) is 0 Å². The largest absolute Gasteiger partial charge is 0.454 e. The third-order valence-corrected chi connectivity index (χ3v) is 6.26. The van der Waals surface area contributed by atoms with Crippen LogP contribution in [-0.4, -0.2) is 53.9 Å². The highest BCUT2D eigenvalue weighted by Crippen LogP contribution is 2.46. The molecule has 0 radical (unpaired) electrons. The van der Waals surface area contributed by atoms with Crippen LogP contribution in [0.3, 0.4) is 0 Å². The van der Waals surface area contributed by atoms with Crippen molar-refractivity contribution in [3.63, 3.8) is 0 Å². The maximum Gasteiger partial charge on any atom is 0.231 e. The van der Waals surface area contributed by atoms with Gasteiger partial charge in [-0.3, -0.25) is 4.79 Å². The molecule has 3 aliphatic heterocycles. The van der Waals surface area contributed by atoms with E-state index in [1.165, 1.54) is 0 Å². The van der Waals surface area contributed by atoms with E-state index < -0.39 is 0 Å². The first kappa shape index (κ1) is 15.1. The van der Waals surface area contributed by atoms with Gasteiger partial charge in [0.05, 0.1) is 17.3 Å². The number of carbonyl (C=O) groups excluding carboxylic acids is 1. The van der Waals surface area contributed by atoms with Crippen LogP contribution in [0.2, 0.25) is 0 Å². The lowest BCUT2D eigenvalue weighted by Crippen LogP contribution is -2.61. The Labute approximate surface area is 140 Å². The van der Waals surface area contributed by atoms with E-state index in [0.717, 1.165) is 48.9 Å². The molecule has 2 saturated heterocycles. The number of nitrogens with zero attached hydrogens (tertiary/aromatic N) is 1. The molecule has 0 bridgehead atoms. The summed E-state index contributed by atoms with van der Waals surface area (Å²) in [4.78, 5) is 14.4. The van der Waals surface area contributed by atoms with E-state index in [1.54, 1.807) is 0 Å². The van der Waals surface area contributed by atoms with Crippen molar-refractivity contribution in [2.45, 2.75) is 30.6 Å². The van der Waals surface area contributed by atoms with Gasteiger partial charge in [0.2, 0.25) is 12.7 Å². The Morgan fingerprint density at radius 3 is 3.04 bits per heavy atom. The van der Waals surface area contributed by atoms with Crippen molar-refractivity contribution in [3.8, 4) is 11.5 Å². The van der Waals surface area contributed by atoms with Gasteiger partial charge in [-0.2, -0.15) is 0 Å². The minimum Gasteiger partial charge on any atom is -0.454 e. The number of hydrogen-bond acceptors (Lipinski definition) is 5. The average molecular weight is 335 g/mol. The maximum absolute atomic E-state index is 12.5. The number of amides is 1. The molecule has 1 aromatic rings. The topological polar surface area (TPSA) is 48.0 Å².